The van der Waals surface area contributed by atoms with Crippen LogP contribution < -0.4 is 9.80 Å². The predicted octanol–water partition coefficient (Wildman–Crippen LogP) is 22.8. The summed E-state index contributed by atoms with van der Waals surface area (Å²) in [6.45, 7) is 0. The van der Waals surface area contributed by atoms with E-state index in [1.54, 1.807) is 0 Å². The molecule has 6 heteroatoms. The van der Waals surface area contributed by atoms with E-state index in [4.69, 9.17) is 4.42 Å². The monoisotopic (exact) mass is 1080 g/mol. The average Bonchev–Trinajstić information content (AvgIpc) is 3.12. The Hall–Kier alpha value is -10.2. The third-order valence-corrected chi connectivity index (χ3v) is 18.8. The molecule has 0 radical (unpaired) electrons. The van der Waals surface area contributed by atoms with Gasteiger partial charge >= 0.3 is 0 Å². The van der Waals surface area contributed by atoms with Gasteiger partial charge in [-0.2, -0.15) is 0 Å². The van der Waals surface area contributed by atoms with Gasteiger partial charge in [-0.15, -0.1) is 22.7 Å². The minimum Gasteiger partial charge on any atom is -0.455 e. The third kappa shape index (κ3) is 7.57. The fourth-order valence-corrected chi connectivity index (χ4v) is 14.9. The number of thiophene rings is 2. The highest BCUT2D eigenvalue weighted by molar-refractivity contribution is 7.26. The van der Waals surface area contributed by atoms with Gasteiger partial charge in [-0.1, -0.05) is 152 Å². The molecule has 0 fully saturated rings. The van der Waals surface area contributed by atoms with E-state index in [1.807, 2.05) is 22.7 Å². The van der Waals surface area contributed by atoms with Crippen LogP contribution >= 0.6 is 22.7 Å². The topological polar surface area (TPSA) is 24.6 Å². The van der Waals surface area contributed by atoms with Crippen molar-refractivity contribution in [2.75, 3.05) is 9.80 Å². The Labute approximate surface area is 480 Å². The van der Waals surface area contributed by atoms with Crippen LogP contribution in [-0.4, -0.2) is 4.57 Å². The zero-order valence-corrected chi connectivity index (χ0v) is 45.8. The van der Waals surface area contributed by atoms with Crippen molar-refractivity contribution in [3.8, 4) is 27.9 Å². The molecule has 0 bridgehead atoms. The van der Waals surface area contributed by atoms with Crippen LogP contribution in [0.2, 0.25) is 0 Å². The Bertz CT molecular complexity index is 5350. The minimum atomic E-state index is 0.894. The molecule has 384 valence electrons. The smallest absolute Gasteiger partial charge is 0.143 e. The fourth-order valence-electron chi connectivity index (χ4n) is 12.7. The maximum absolute atomic E-state index is 6.75. The molecule has 4 aromatic heterocycles. The van der Waals surface area contributed by atoms with Gasteiger partial charge in [0.25, 0.3) is 0 Å². The van der Waals surface area contributed by atoms with Crippen LogP contribution in [-0.2, 0) is 0 Å². The van der Waals surface area contributed by atoms with Crippen molar-refractivity contribution in [3.63, 3.8) is 0 Å². The second-order valence-corrected chi connectivity index (χ2v) is 23.4. The molecule has 17 aromatic rings. The summed E-state index contributed by atoms with van der Waals surface area (Å²) in [5.41, 5.74) is 16.2. The summed E-state index contributed by atoms with van der Waals surface area (Å²) in [6, 6.07) is 105. The summed E-state index contributed by atoms with van der Waals surface area (Å²) >= 11 is 3.70. The lowest BCUT2D eigenvalue weighted by Crippen LogP contribution is -2.13. The number of rotatable bonds is 9. The van der Waals surface area contributed by atoms with Gasteiger partial charge in [0.1, 0.15) is 11.2 Å². The second-order valence-electron chi connectivity index (χ2n) is 21.2. The predicted molar refractivity (Wildman–Crippen MR) is 352 cm³/mol. The zero-order valence-electron chi connectivity index (χ0n) is 44.2. The van der Waals surface area contributed by atoms with Crippen molar-refractivity contribution in [1.82, 2.24) is 4.57 Å². The fraction of sp³-hybridized carbons (Fsp3) is 0. The summed E-state index contributed by atoms with van der Waals surface area (Å²) in [6.07, 6.45) is 0. The molecule has 82 heavy (non-hydrogen) atoms. The molecule has 0 atom stereocenters. The Balaban J connectivity index is 0.925. The molecule has 0 aliphatic rings. The molecule has 4 nitrogen and oxygen atoms in total. The maximum atomic E-state index is 6.75. The molecule has 0 aliphatic heterocycles. The largest absolute Gasteiger partial charge is 0.455 e. The van der Waals surface area contributed by atoms with Crippen LogP contribution in [0.15, 0.2) is 290 Å². The van der Waals surface area contributed by atoms with Gasteiger partial charge in [0.05, 0.1) is 11.0 Å². The highest BCUT2D eigenvalue weighted by Gasteiger charge is 2.23. The lowest BCUT2D eigenvalue weighted by Gasteiger charge is -2.30. The van der Waals surface area contributed by atoms with Crippen LogP contribution in [0.25, 0.3) is 123 Å². The Morgan fingerprint density at radius 3 is 1.55 bits per heavy atom. The normalized spacial score (nSPS) is 11.9. The van der Waals surface area contributed by atoms with Gasteiger partial charge in [0, 0.05) is 107 Å². The first-order valence-electron chi connectivity index (χ1n) is 27.8. The molecule has 0 amide bonds. The first-order chi connectivity index (χ1) is 40.6. The summed E-state index contributed by atoms with van der Waals surface area (Å²) in [5.74, 6) is 0. The van der Waals surface area contributed by atoms with Gasteiger partial charge in [-0.3, -0.25) is 0 Å². The number of aromatic nitrogens is 1. The Morgan fingerprint density at radius 1 is 0.268 bits per heavy atom. The van der Waals surface area contributed by atoms with Crippen LogP contribution in [0.3, 0.4) is 0 Å². The molecular weight excluding hydrogens is 1030 g/mol. The Kier molecular flexibility index (Phi) is 10.6. The number of para-hydroxylation sites is 3. The maximum Gasteiger partial charge on any atom is 0.143 e. The average molecular weight is 1080 g/mol. The summed E-state index contributed by atoms with van der Waals surface area (Å²) < 4.78 is 14.3. The van der Waals surface area contributed by atoms with Gasteiger partial charge in [-0.25, -0.2) is 0 Å². The van der Waals surface area contributed by atoms with E-state index in [-0.39, 0.29) is 0 Å². The Morgan fingerprint density at radius 2 is 0.817 bits per heavy atom. The van der Waals surface area contributed by atoms with E-state index in [1.165, 1.54) is 51.5 Å². The number of fused-ring (bicyclic) bond motifs is 14. The van der Waals surface area contributed by atoms with Crippen LogP contribution in [0.1, 0.15) is 0 Å². The molecular formula is C76H47N3OS2. The standard InChI is InChI=1S/C76H47N3OS2/c1-4-16-48(17-5-1)49-28-32-55(33-29-49)79-69-38-31-50(42-66(69)67-47-65-51(43-70(67)79)30-36-64-60-22-10-13-25-71(60)80-76(64)65)52-40-58(77(53-18-6-2-7-19-53)56-35-39-74-68(45-56)62-24-12-15-27-73(62)81-74)44-59(41-52)78(54-20-8-3-9-21-54)57-34-37-63-61-23-11-14-26-72(61)82-75(63)46-57/h1-47H. The quantitative estimate of drug-likeness (QED) is 0.144. The highest BCUT2D eigenvalue weighted by atomic mass is 32.1. The van der Waals surface area contributed by atoms with Gasteiger partial charge in [0.2, 0.25) is 0 Å². The van der Waals surface area contributed by atoms with Crippen LogP contribution in [0, 0.1) is 0 Å². The molecule has 0 N–H and O–H groups in total. The number of nitrogens with zero attached hydrogens (tertiary/aromatic N) is 3. The van der Waals surface area contributed by atoms with Crippen LogP contribution in [0.5, 0.6) is 0 Å². The van der Waals surface area contributed by atoms with Gasteiger partial charge in [-0.05, 0) is 161 Å². The van der Waals surface area contributed by atoms with Gasteiger partial charge in [0.15, 0.2) is 0 Å². The molecule has 13 aromatic carbocycles. The minimum absolute atomic E-state index is 0.894. The first-order valence-corrected chi connectivity index (χ1v) is 29.4. The molecule has 17 rings (SSSR count). The van der Waals surface area contributed by atoms with E-state index in [9.17, 15) is 0 Å². The first kappa shape index (κ1) is 46.7. The van der Waals surface area contributed by atoms with E-state index in [2.05, 4.69) is 299 Å². The lowest BCUT2D eigenvalue weighted by molar-refractivity contribution is 0.672. The van der Waals surface area contributed by atoms with Gasteiger partial charge < -0.3 is 18.8 Å². The van der Waals surface area contributed by atoms with Crippen molar-refractivity contribution < 1.29 is 4.42 Å². The number of furan rings is 1. The van der Waals surface area contributed by atoms with E-state index in [0.717, 1.165) is 105 Å². The van der Waals surface area contributed by atoms with Crippen molar-refractivity contribution in [3.05, 3.63) is 285 Å². The van der Waals surface area contributed by atoms with Crippen molar-refractivity contribution >= 4 is 152 Å². The number of anilines is 6. The van der Waals surface area contributed by atoms with Crippen LogP contribution in [0.4, 0.5) is 34.1 Å². The molecule has 0 aliphatic carbocycles. The molecule has 0 unspecified atom stereocenters. The molecule has 0 saturated carbocycles. The molecule has 4 heterocycles. The van der Waals surface area contributed by atoms with E-state index in [0.29, 0.717) is 0 Å². The van der Waals surface area contributed by atoms with Crippen molar-refractivity contribution in [2.45, 2.75) is 0 Å². The summed E-state index contributed by atoms with van der Waals surface area (Å²) in [4.78, 5) is 4.87. The van der Waals surface area contributed by atoms with Crippen molar-refractivity contribution in [1.29, 1.82) is 0 Å². The third-order valence-electron chi connectivity index (χ3n) is 16.5. The number of hydrogen-bond donors (Lipinski definition) is 0. The number of benzene rings is 13. The lowest BCUT2D eigenvalue weighted by atomic mass is 9.99. The highest BCUT2D eigenvalue weighted by Crippen LogP contribution is 2.48. The zero-order chi connectivity index (χ0) is 53.8. The number of hydrogen-bond acceptors (Lipinski definition) is 5. The van der Waals surface area contributed by atoms with Crippen molar-refractivity contribution in [2.24, 2.45) is 0 Å². The molecule has 0 saturated heterocycles. The van der Waals surface area contributed by atoms with E-state index < -0.39 is 0 Å². The second kappa shape index (κ2) is 18.7. The SMILES string of the molecule is c1ccc(-c2ccc(-n3c4ccc(-c5cc(N(c6ccccc6)c6ccc7c(c6)sc6ccccc67)cc(N(c6ccccc6)c6ccc7sc8ccccc8c7c6)c5)cc4c4cc5c(ccc6c7ccccc7oc56)cc43)cc2)cc1. The van der Waals surface area contributed by atoms with E-state index >= 15 is 0 Å². The molecule has 0 spiro atoms. The summed E-state index contributed by atoms with van der Waals surface area (Å²) in [5, 5.41) is 11.9. The summed E-state index contributed by atoms with van der Waals surface area (Å²) in [7, 11) is 0.